The van der Waals surface area contributed by atoms with Crippen LogP contribution in [-0.2, 0) is 9.53 Å². The van der Waals surface area contributed by atoms with Crippen LogP contribution >= 0.6 is 0 Å². The summed E-state index contributed by atoms with van der Waals surface area (Å²) in [7, 11) is 0. The Labute approximate surface area is 126 Å². The average Bonchev–Trinajstić information content (AvgIpc) is 2.38. The molecule has 7 heteroatoms. The van der Waals surface area contributed by atoms with Gasteiger partial charge in [0.25, 0.3) is 0 Å². The Morgan fingerprint density at radius 3 is 2.43 bits per heavy atom. The summed E-state index contributed by atoms with van der Waals surface area (Å²) < 4.78 is 5.27. The fraction of sp³-hybridized carbons (Fsp3) is 0.857. The first-order valence-electron chi connectivity index (χ1n) is 7.38. The first-order chi connectivity index (χ1) is 9.80. The van der Waals surface area contributed by atoms with Crippen LogP contribution in [0.25, 0.3) is 0 Å². The van der Waals surface area contributed by atoms with Gasteiger partial charge in [0, 0.05) is 38.3 Å². The summed E-state index contributed by atoms with van der Waals surface area (Å²) >= 11 is 0. The molecule has 21 heavy (non-hydrogen) atoms. The van der Waals surface area contributed by atoms with Crippen LogP contribution in [0.5, 0.6) is 0 Å². The standard InChI is InChI=1S/C14H27N3O4/c1-14(2,3)17(6-4-12(18)19)13(20)15-5-7-16-8-10-21-11-9-16/h4-11H2,1-3H3,(H,15,20)(H,18,19). The molecule has 0 aromatic carbocycles. The van der Waals surface area contributed by atoms with Crippen LogP contribution in [0.2, 0.25) is 0 Å². The smallest absolute Gasteiger partial charge is 0.317 e. The van der Waals surface area contributed by atoms with Crippen molar-refractivity contribution < 1.29 is 19.4 Å². The van der Waals surface area contributed by atoms with Gasteiger partial charge in [-0.2, -0.15) is 0 Å². The number of hydrogen-bond donors (Lipinski definition) is 2. The summed E-state index contributed by atoms with van der Waals surface area (Å²) in [4.78, 5) is 26.7. The number of carbonyl (C=O) groups is 2. The van der Waals surface area contributed by atoms with E-state index in [0.717, 1.165) is 32.8 Å². The fourth-order valence-electron chi connectivity index (χ4n) is 2.19. The van der Waals surface area contributed by atoms with Crippen LogP contribution in [0.3, 0.4) is 0 Å². The molecule has 0 atom stereocenters. The lowest BCUT2D eigenvalue weighted by atomic mass is 10.1. The number of nitrogens with zero attached hydrogens (tertiary/aromatic N) is 2. The highest BCUT2D eigenvalue weighted by Gasteiger charge is 2.26. The van der Waals surface area contributed by atoms with Gasteiger partial charge in [-0.15, -0.1) is 0 Å². The number of aliphatic carboxylic acids is 1. The van der Waals surface area contributed by atoms with Crippen LogP contribution in [0.4, 0.5) is 4.79 Å². The number of nitrogens with one attached hydrogen (secondary N) is 1. The summed E-state index contributed by atoms with van der Waals surface area (Å²) in [6.07, 6.45) is -0.0475. The number of ether oxygens (including phenoxy) is 1. The van der Waals surface area contributed by atoms with Gasteiger partial charge >= 0.3 is 12.0 Å². The summed E-state index contributed by atoms with van der Waals surface area (Å²) in [6.45, 7) is 10.5. The Bertz CT molecular complexity index is 349. The lowest BCUT2D eigenvalue weighted by Gasteiger charge is -2.35. The Morgan fingerprint density at radius 2 is 1.90 bits per heavy atom. The van der Waals surface area contributed by atoms with Crippen molar-refractivity contribution in [3.8, 4) is 0 Å². The molecule has 2 N–H and O–H groups in total. The number of morpholine rings is 1. The molecule has 0 aromatic heterocycles. The number of amides is 2. The van der Waals surface area contributed by atoms with Crippen molar-refractivity contribution >= 4 is 12.0 Å². The third-order valence-corrected chi connectivity index (χ3v) is 3.41. The molecule has 1 saturated heterocycles. The predicted molar refractivity (Wildman–Crippen MR) is 79.4 cm³/mol. The maximum Gasteiger partial charge on any atom is 0.317 e. The molecule has 0 saturated carbocycles. The van der Waals surface area contributed by atoms with Gasteiger partial charge in [-0.25, -0.2) is 4.79 Å². The van der Waals surface area contributed by atoms with Crippen molar-refractivity contribution in [2.45, 2.75) is 32.7 Å². The second kappa shape index (κ2) is 8.19. The van der Waals surface area contributed by atoms with Crippen molar-refractivity contribution in [3.63, 3.8) is 0 Å². The Hall–Kier alpha value is -1.34. The molecular weight excluding hydrogens is 274 g/mol. The molecule has 0 aliphatic carbocycles. The van der Waals surface area contributed by atoms with Crippen LogP contribution in [0.15, 0.2) is 0 Å². The highest BCUT2D eigenvalue weighted by Crippen LogP contribution is 2.13. The van der Waals surface area contributed by atoms with E-state index in [1.807, 2.05) is 20.8 Å². The van der Waals surface area contributed by atoms with Gasteiger partial charge in [-0.05, 0) is 20.8 Å². The number of carboxylic acids is 1. The highest BCUT2D eigenvalue weighted by atomic mass is 16.5. The summed E-state index contributed by atoms with van der Waals surface area (Å²) in [5, 5.41) is 11.7. The zero-order chi connectivity index (χ0) is 15.9. The quantitative estimate of drug-likeness (QED) is 0.751. The zero-order valence-corrected chi connectivity index (χ0v) is 13.2. The molecule has 1 fully saturated rings. The highest BCUT2D eigenvalue weighted by molar-refractivity contribution is 5.76. The molecule has 0 aromatic rings. The average molecular weight is 301 g/mol. The molecule has 1 rings (SSSR count). The Morgan fingerprint density at radius 1 is 1.29 bits per heavy atom. The van der Waals surface area contributed by atoms with E-state index in [4.69, 9.17) is 9.84 Å². The maximum atomic E-state index is 12.2. The van der Waals surface area contributed by atoms with Crippen molar-refractivity contribution in [3.05, 3.63) is 0 Å². The minimum atomic E-state index is -0.898. The van der Waals surface area contributed by atoms with Crippen LogP contribution in [-0.4, -0.2) is 78.4 Å². The summed E-state index contributed by atoms with van der Waals surface area (Å²) in [6, 6.07) is -0.211. The molecule has 0 bridgehead atoms. The maximum absolute atomic E-state index is 12.2. The summed E-state index contributed by atoms with van der Waals surface area (Å²) in [5.74, 6) is -0.898. The van der Waals surface area contributed by atoms with E-state index in [-0.39, 0.29) is 19.0 Å². The number of carbonyl (C=O) groups excluding carboxylic acids is 1. The van der Waals surface area contributed by atoms with Crippen LogP contribution in [0.1, 0.15) is 27.2 Å². The van der Waals surface area contributed by atoms with Gasteiger partial charge < -0.3 is 20.1 Å². The lowest BCUT2D eigenvalue weighted by molar-refractivity contribution is -0.137. The van der Waals surface area contributed by atoms with E-state index < -0.39 is 11.5 Å². The number of carboxylic acid groups (broad SMARTS) is 1. The Balaban J connectivity index is 2.38. The van der Waals surface area contributed by atoms with Gasteiger partial charge in [-0.3, -0.25) is 9.69 Å². The molecule has 2 amide bonds. The molecule has 1 aliphatic rings. The van der Waals surface area contributed by atoms with Crippen LogP contribution < -0.4 is 5.32 Å². The summed E-state index contributed by atoms with van der Waals surface area (Å²) in [5.41, 5.74) is -0.404. The molecule has 0 radical (unpaired) electrons. The molecule has 7 nitrogen and oxygen atoms in total. The van der Waals surface area contributed by atoms with E-state index in [9.17, 15) is 9.59 Å². The molecule has 122 valence electrons. The minimum absolute atomic E-state index is 0.0475. The van der Waals surface area contributed by atoms with E-state index in [2.05, 4.69) is 10.2 Å². The molecular formula is C14H27N3O4. The number of rotatable bonds is 6. The third kappa shape index (κ3) is 6.77. The first kappa shape index (κ1) is 17.7. The van der Waals surface area contributed by atoms with Crippen LogP contribution in [0, 0.1) is 0 Å². The van der Waals surface area contributed by atoms with E-state index >= 15 is 0 Å². The van der Waals surface area contributed by atoms with Gasteiger partial charge in [0.2, 0.25) is 0 Å². The lowest BCUT2D eigenvalue weighted by Crippen LogP contribution is -2.52. The normalized spacial score (nSPS) is 16.5. The zero-order valence-electron chi connectivity index (χ0n) is 13.2. The van der Waals surface area contributed by atoms with Gasteiger partial charge in [-0.1, -0.05) is 0 Å². The monoisotopic (exact) mass is 301 g/mol. The van der Waals surface area contributed by atoms with Gasteiger partial charge in [0.15, 0.2) is 0 Å². The van der Waals surface area contributed by atoms with Crippen molar-refractivity contribution in [1.29, 1.82) is 0 Å². The fourth-order valence-corrected chi connectivity index (χ4v) is 2.19. The van der Waals surface area contributed by atoms with Crippen molar-refractivity contribution in [2.24, 2.45) is 0 Å². The van der Waals surface area contributed by atoms with Gasteiger partial charge in [0.1, 0.15) is 0 Å². The largest absolute Gasteiger partial charge is 0.481 e. The molecule has 0 spiro atoms. The number of urea groups is 1. The Kier molecular flexibility index (Phi) is 6.91. The first-order valence-corrected chi connectivity index (χ1v) is 7.38. The SMILES string of the molecule is CC(C)(C)N(CCC(=O)O)C(=O)NCCN1CCOCC1. The minimum Gasteiger partial charge on any atom is -0.481 e. The molecule has 0 unspecified atom stereocenters. The second-order valence-corrected chi connectivity index (χ2v) is 6.15. The van der Waals surface area contributed by atoms with E-state index in [1.54, 1.807) is 4.90 Å². The number of hydrogen-bond acceptors (Lipinski definition) is 4. The molecule has 1 heterocycles. The van der Waals surface area contributed by atoms with E-state index in [1.165, 1.54) is 0 Å². The second-order valence-electron chi connectivity index (χ2n) is 6.15. The predicted octanol–water partition coefficient (Wildman–Crippen LogP) is 0.603. The topological polar surface area (TPSA) is 82.1 Å². The van der Waals surface area contributed by atoms with Gasteiger partial charge in [0.05, 0.1) is 19.6 Å². The molecule has 1 aliphatic heterocycles. The van der Waals surface area contributed by atoms with E-state index in [0.29, 0.717) is 6.54 Å². The third-order valence-electron chi connectivity index (χ3n) is 3.41. The van der Waals surface area contributed by atoms with Crippen molar-refractivity contribution in [2.75, 3.05) is 45.9 Å². The van der Waals surface area contributed by atoms with Crippen molar-refractivity contribution in [1.82, 2.24) is 15.1 Å².